The van der Waals surface area contributed by atoms with Crippen LogP contribution in [-0.4, -0.2) is 40.1 Å². The molecule has 1 saturated carbocycles. The van der Waals surface area contributed by atoms with Gasteiger partial charge in [-0.2, -0.15) is 0 Å². The van der Waals surface area contributed by atoms with E-state index in [-0.39, 0.29) is 24.1 Å². The highest BCUT2D eigenvalue weighted by molar-refractivity contribution is 5.95. The molecular weight excluding hydrogens is 414 g/mol. The van der Waals surface area contributed by atoms with Gasteiger partial charge in [-0.1, -0.05) is 43.5 Å². The normalized spacial score (nSPS) is 19.4. The van der Waals surface area contributed by atoms with E-state index in [0.29, 0.717) is 17.9 Å². The van der Waals surface area contributed by atoms with Crippen molar-refractivity contribution in [2.24, 2.45) is 0 Å². The average Bonchev–Trinajstić information content (AvgIpc) is 3.29. The topological polar surface area (TPSA) is 62.7 Å². The van der Waals surface area contributed by atoms with Crippen LogP contribution < -0.4 is 4.90 Å². The van der Waals surface area contributed by atoms with E-state index in [4.69, 9.17) is 9.72 Å². The van der Waals surface area contributed by atoms with Gasteiger partial charge >= 0.3 is 6.09 Å². The summed E-state index contributed by atoms with van der Waals surface area (Å²) in [4.78, 5) is 35.2. The first-order valence-corrected chi connectivity index (χ1v) is 12.2. The summed E-state index contributed by atoms with van der Waals surface area (Å²) in [5.74, 6) is 0.658. The molecule has 1 aliphatic heterocycles. The Hall–Kier alpha value is -2.89. The zero-order valence-electron chi connectivity index (χ0n) is 20.0. The predicted octanol–water partition coefficient (Wildman–Crippen LogP) is 6.13. The van der Waals surface area contributed by atoms with Gasteiger partial charge < -0.3 is 9.64 Å². The van der Waals surface area contributed by atoms with Gasteiger partial charge in [-0.05, 0) is 64.7 Å². The fourth-order valence-electron chi connectivity index (χ4n) is 5.01. The predicted molar refractivity (Wildman–Crippen MR) is 129 cm³/mol. The fourth-order valence-corrected chi connectivity index (χ4v) is 5.01. The summed E-state index contributed by atoms with van der Waals surface area (Å²) in [6.07, 6.45) is 8.40. The van der Waals surface area contributed by atoms with Crippen LogP contribution in [0.3, 0.4) is 0 Å². The molecule has 2 aliphatic rings. The highest BCUT2D eigenvalue weighted by atomic mass is 16.6. The molecule has 33 heavy (non-hydrogen) atoms. The number of carbonyl (C=O) groups is 2. The van der Waals surface area contributed by atoms with E-state index in [1.165, 1.54) is 6.42 Å². The van der Waals surface area contributed by atoms with Crippen LogP contribution in [0.4, 0.5) is 10.6 Å². The lowest BCUT2D eigenvalue weighted by Gasteiger charge is -2.37. The molecule has 0 bridgehead atoms. The Bertz CT molecular complexity index is 964. The van der Waals surface area contributed by atoms with Gasteiger partial charge in [0.05, 0.1) is 6.04 Å². The number of hydrogen-bond donors (Lipinski definition) is 0. The maximum Gasteiger partial charge on any atom is 0.416 e. The van der Waals surface area contributed by atoms with Crippen LogP contribution in [0.5, 0.6) is 0 Å². The van der Waals surface area contributed by atoms with Crippen molar-refractivity contribution < 1.29 is 14.3 Å². The Labute approximate surface area is 196 Å². The minimum absolute atomic E-state index is 0.0226. The number of nitrogens with zero attached hydrogens (tertiary/aromatic N) is 3. The van der Waals surface area contributed by atoms with Crippen molar-refractivity contribution in [2.75, 3.05) is 11.4 Å². The molecule has 1 saturated heterocycles. The van der Waals surface area contributed by atoms with Gasteiger partial charge in [0.25, 0.3) is 5.91 Å². The van der Waals surface area contributed by atoms with Crippen LogP contribution in [0.1, 0.15) is 87.7 Å². The Kier molecular flexibility index (Phi) is 7.01. The molecule has 176 valence electrons. The molecule has 1 aromatic heterocycles. The minimum Gasteiger partial charge on any atom is -0.443 e. The maximum absolute atomic E-state index is 13.4. The van der Waals surface area contributed by atoms with Crippen LogP contribution in [-0.2, 0) is 4.74 Å². The average molecular weight is 450 g/mol. The monoisotopic (exact) mass is 449 g/mol. The van der Waals surface area contributed by atoms with E-state index in [1.54, 1.807) is 11.1 Å². The number of anilines is 1. The molecule has 2 amide bonds. The van der Waals surface area contributed by atoms with Crippen molar-refractivity contribution in [2.45, 2.75) is 83.4 Å². The second-order valence-corrected chi connectivity index (χ2v) is 10.1. The van der Waals surface area contributed by atoms with Crippen molar-refractivity contribution >= 4 is 17.8 Å². The molecule has 1 aromatic carbocycles. The quantitative estimate of drug-likeness (QED) is 0.563. The minimum atomic E-state index is -0.596. The third kappa shape index (κ3) is 5.37. The summed E-state index contributed by atoms with van der Waals surface area (Å²) < 4.78 is 5.84. The molecule has 0 radical (unpaired) electrons. The first kappa shape index (κ1) is 23.3. The third-order valence-electron chi connectivity index (χ3n) is 6.47. The summed E-state index contributed by atoms with van der Waals surface area (Å²) in [6, 6.07) is 13.3. The number of pyridine rings is 1. The summed E-state index contributed by atoms with van der Waals surface area (Å²) in [5.41, 5.74) is 1.02. The number of rotatable bonds is 4. The lowest BCUT2D eigenvalue weighted by Crippen LogP contribution is -2.46. The van der Waals surface area contributed by atoms with E-state index in [2.05, 4.69) is 0 Å². The molecule has 2 heterocycles. The molecule has 2 fully saturated rings. The number of likely N-dealkylation sites (tertiary alicyclic amines) is 1. The Morgan fingerprint density at radius 2 is 1.70 bits per heavy atom. The van der Waals surface area contributed by atoms with Crippen LogP contribution in [0.2, 0.25) is 0 Å². The van der Waals surface area contributed by atoms with Crippen molar-refractivity contribution in [3.63, 3.8) is 0 Å². The van der Waals surface area contributed by atoms with Gasteiger partial charge in [0, 0.05) is 29.9 Å². The number of carbonyl (C=O) groups excluding carboxylic acids is 2. The molecule has 1 atom stereocenters. The van der Waals surface area contributed by atoms with E-state index < -0.39 is 5.60 Å². The smallest absolute Gasteiger partial charge is 0.416 e. The van der Waals surface area contributed by atoms with E-state index in [1.807, 2.05) is 68.1 Å². The number of aromatic nitrogens is 1. The van der Waals surface area contributed by atoms with Crippen molar-refractivity contribution in [3.05, 3.63) is 59.8 Å². The van der Waals surface area contributed by atoms with Gasteiger partial charge in [0.2, 0.25) is 0 Å². The van der Waals surface area contributed by atoms with Crippen molar-refractivity contribution in [1.82, 2.24) is 9.88 Å². The van der Waals surface area contributed by atoms with Gasteiger partial charge in [-0.3, -0.25) is 9.69 Å². The standard InChI is InChI=1S/C27H35N3O3/c1-27(2,3)33-26(32)30(21-14-8-5-9-15-21)24-22(16-10-18-28-24)23-17-11-19-29(23)25(31)20-12-6-4-7-13-20/h4,6-7,10,12-13,16,18,21,23H,5,8-9,11,14-15,17,19H2,1-3H3. The Morgan fingerprint density at radius 1 is 0.970 bits per heavy atom. The summed E-state index contributed by atoms with van der Waals surface area (Å²) in [5, 5.41) is 0. The second kappa shape index (κ2) is 9.94. The number of amides is 2. The lowest BCUT2D eigenvalue weighted by molar-refractivity contribution is 0.0556. The molecule has 4 rings (SSSR count). The van der Waals surface area contributed by atoms with Crippen molar-refractivity contribution in [1.29, 1.82) is 0 Å². The van der Waals surface area contributed by atoms with Crippen molar-refractivity contribution in [3.8, 4) is 0 Å². The Balaban J connectivity index is 1.70. The maximum atomic E-state index is 13.4. The lowest BCUT2D eigenvalue weighted by atomic mass is 9.93. The zero-order valence-corrected chi connectivity index (χ0v) is 20.0. The molecule has 6 heteroatoms. The molecule has 1 aliphatic carbocycles. The fraction of sp³-hybridized carbons (Fsp3) is 0.519. The number of ether oxygens (including phenoxy) is 1. The Morgan fingerprint density at radius 3 is 2.39 bits per heavy atom. The highest BCUT2D eigenvalue weighted by Gasteiger charge is 2.37. The second-order valence-electron chi connectivity index (χ2n) is 10.1. The molecule has 6 nitrogen and oxygen atoms in total. The molecule has 0 spiro atoms. The highest BCUT2D eigenvalue weighted by Crippen LogP contribution is 2.39. The first-order chi connectivity index (χ1) is 15.8. The third-order valence-corrected chi connectivity index (χ3v) is 6.47. The van der Waals surface area contributed by atoms with Crippen LogP contribution >= 0.6 is 0 Å². The first-order valence-electron chi connectivity index (χ1n) is 12.2. The van der Waals surface area contributed by atoms with E-state index in [0.717, 1.165) is 44.1 Å². The molecular formula is C27H35N3O3. The summed E-state index contributed by atoms with van der Waals surface area (Å²) in [7, 11) is 0. The van der Waals surface area contributed by atoms with Crippen LogP contribution in [0.25, 0.3) is 0 Å². The SMILES string of the molecule is CC(C)(C)OC(=O)N(c1ncccc1C1CCCN1C(=O)c1ccccc1)C1CCCCC1. The number of hydrogen-bond acceptors (Lipinski definition) is 4. The van der Waals surface area contributed by atoms with E-state index in [9.17, 15) is 9.59 Å². The van der Waals surface area contributed by atoms with Crippen LogP contribution in [0.15, 0.2) is 48.7 Å². The molecule has 2 aromatic rings. The largest absolute Gasteiger partial charge is 0.443 e. The van der Waals surface area contributed by atoms with Gasteiger partial charge in [0.1, 0.15) is 11.4 Å². The zero-order chi connectivity index (χ0) is 23.4. The number of benzene rings is 1. The summed E-state index contributed by atoms with van der Waals surface area (Å²) in [6.45, 7) is 6.37. The molecule has 1 unspecified atom stereocenters. The van der Waals surface area contributed by atoms with Gasteiger partial charge in [-0.25, -0.2) is 9.78 Å². The molecule has 0 N–H and O–H groups in total. The van der Waals surface area contributed by atoms with Gasteiger partial charge in [0.15, 0.2) is 0 Å². The van der Waals surface area contributed by atoms with Gasteiger partial charge in [-0.15, -0.1) is 0 Å². The summed E-state index contributed by atoms with van der Waals surface area (Å²) >= 11 is 0. The van der Waals surface area contributed by atoms with E-state index >= 15 is 0 Å². The van der Waals surface area contributed by atoms with Crippen LogP contribution in [0, 0.1) is 0 Å².